The number of amides is 1. The number of nitro groups is 1. The zero-order valence-corrected chi connectivity index (χ0v) is 14.6. The van der Waals surface area contributed by atoms with Gasteiger partial charge in [-0.3, -0.25) is 14.9 Å². The van der Waals surface area contributed by atoms with E-state index in [4.69, 9.17) is 4.74 Å². The number of ether oxygens (including phenoxy) is 1. The first-order chi connectivity index (χ1) is 12.1. The van der Waals surface area contributed by atoms with Crippen molar-refractivity contribution in [3.8, 4) is 0 Å². The van der Waals surface area contributed by atoms with Gasteiger partial charge >= 0.3 is 0 Å². The van der Waals surface area contributed by atoms with Crippen LogP contribution in [0.1, 0.15) is 23.3 Å². The zero-order chi connectivity index (χ0) is 17.6. The Balaban J connectivity index is 1.75. The van der Waals surface area contributed by atoms with Gasteiger partial charge in [-0.2, -0.15) is 0 Å². The van der Waals surface area contributed by atoms with E-state index in [1.807, 2.05) is 17.5 Å². The van der Waals surface area contributed by atoms with Crippen LogP contribution in [0, 0.1) is 10.1 Å². The molecule has 0 radical (unpaired) electrons. The molecular weight excluding hydrogens is 340 g/mol. The highest BCUT2D eigenvalue weighted by atomic mass is 32.1. The third-order valence-electron chi connectivity index (χ3n) is 4.26. The SMILES string of the molecule is O=C(Cc1ccccc1[N+](=O)[O-])N(Cc1cccs1)CC1CCCO1. The van der Waals surface area contributed by atoms with Crippen molar-refractivity contribution >= 4 is 22.9 Å². The molecule has 2 aromatic rings. The Morgan fingerprint density at radius 1 is 1.32 bits per heavy atom. The van der Waals surface area contributed by atoms with Gasteiger partial charge < -0.3 is 9.64 Å². The summed E-state index contributed by atoms with van der Waals surface area (Å²) in [6.45, 7) is 1.77. The van der Waals surface area contributed by atoms with E-state index in [1.165, 1.54) is 6.07 Å². The molecule has 1 amide bonds. The second-order valence-corrected chi connectivity index (χ2v) is 7.08. The predicted molar refractivity (Wildman–Crippen MR) is 95.5 cm³/mol. The average Bonchev–Trinajstić information content (AvgIpc) is 3.28. The van der Waals surface area contributed by atoms with E-state index in [0.717, 1.165) is 24.3 Å². The summed E-state index contributed by atoms with van der Waals surface area (Å²) in [6, 6.07) is 10.4. The van der Waals surface area contributed by atoms with Crippen molar-refractivity contribution in [2.75, 3.05) is 13.2 Å². The molecule has 3 rings (SSSR count). The Labute approximate surface area is 150 Å². The van der Waals surface area contributed by atoms with Crippen LogP contribution >= 0.6 is 11.3 Å². The molecule has 6 nitrogen and oxygen atoms in total. The van der Waals surface area contributed by atoms with Gasteiger partial charge in [0, 0.05) is 29.7 Å². The lowest BCUT2D eigenvalue weighted by Gasteiger charge is -2.25. The first-order valence-corrected chi connectivity index (χ1v) is 9.15. The molecule has 1 aromatic heterocycles. The molecule has 1 aromatic carbocycles. The van der Waals surface area contributed by atoms with E-state index in [-0.39, 0.29) is 24.1 Å². The Kier molecular flexibility index (Phi) is 5.78. The molecule has 1 saturated heterocycles. The van der Waals surface area contributed by atoms with Crippen molar-refractivity contribution in [1.29, 1.82) is 0 Å². The van der Waals surface area contributed by atoms with E-state index >= 15 is 0 Å². The fourth-order valence-corrected chi connectivity index (χ4v) is 3.71. The molecule has 1 aliphatic rings. The highest BCUT2D eigenvalue weighted by Gasteiger charge is 2.25. The van der Waals surface area contributed by atoms with Gasteiger partial charge in [0.1, 0.15) is 0 Å². The molecule has 0 saturated carbocycles. The van der Waals surface area contributed by atoms with Gasteiger partial charge in [0.05, 0.1) is 24.0 Å². The summed E-state index contributed by atoms with van der Waals surface area (Å²) in [5.74, 6) is -0.113. The molecule has 0 bridgehead atoms. The summed E-state index contributed by atoms with van der Waals surface area (Å²) < 4.78 is 5.67. The van der Waals surface area contributed by atoms with Gasteiger partial charge in [0.2, 0.25) is 5.91 Å². The smallest absolute Gasteiger partial charge is 0.273 e. The highest BCUT2D eigenvalue weighted by Crippen LogP contribution is 2.21. The zero-order valence-electron chi connectivity index (χ0n) is 13.8. The van der Waals surface area contributed by atoms with E-state index < -0.39 is 4.92 Å². The number of benzene rings is 1. The summed E-state index contributed by atoms with van der Waals surface area (Å²) in [5.41, 5.74) is 0.435. The van der Waals surface area contributed by atoms with E-state index in [1.54, 1.807) is 34.4 Å². The van der Waals surface area contributed by atoms with Crippen molar-refractivity contribution in [3.05, 3.63) is 62.3 Å². The number of hydrogen-bond donors (Lipinski definition) is 0. The fourth-order valence-electron chi connectivity index (χ4n) is 2.99. The van der Waals surface area contributed by atoms with Crippen LogP contribution in [0.2, 0.25) is 0 Å². The van der Waals surface area contributed by atoms with Gasteiger partial charge in [0.15, 0.2) is 0 Å². The number of carbonyl (C=O) groups excluding carboxylic acids is 1. The molecule has 0 spiro atoms. The molecule has 25 heavy (non-hydrogen) atoms. The van der Waals surface area contributed by atoms with Gasteiger partial charge in [0.25, 0.3) is 5.69 Å². The van der Waals surface area contributed by atoms with Crippen LogP contribution in [0.3, 0.4) is 0 Å². The summed E-state index contributed by atoms with van der Waals surface area (Å²) in [7, 11) is 0. The fraction of sp³-hybridized carbons (Fsp3) is 0.389. The lowest BCUT2D eigenvalue weighted by Crippen LogP contribution is -2.37. The van der Waals surface area contributed by atoms with Crippen LogP contribution in [0.25, 0.3) is 0 Å². The van der Waals surface area contributed by atoms with E-state index in [0.29, 0.717) is 18.7 Å². The molecule has 2 heterocycles. The summed E-state index contributed by atoms with van der Waals surface area (Å²) in [4.78, 5) is 26.4. The third-order valence-corrected chi connectivity index (χ3v) is 5.12. The molecule has 7 heteroatoms. The van der Waals surface area contributed by atoms with Gasteiger partial charge in [-0.1, -0.05) is 24.3 Å². The maximum Gasteiger partial charge on any atom is 0.273 e. The molecule has 0 aliphatic carbocycles. The Hall–Kier alpha value is -2.25. The van der Waals surface area contributed by atoms with Gasteiger partial charge in [-0.05, 0) is 24.3 Å². The Morgan fingerprint density at radius 2 is 2.16 bits per heavy atom. The van der Waals surface area contributed by atoms with Crippen LogP contribution < -0.4 is 0 Å². The van der Waals surface area contributed by atoms with Crippen molar-refractivity contribution in [2.45, 2.75) is 31.9 Å². The van der Waals surface area contributed by atoms with Crippen LogP contribution in [-0.4, -0.2) is 35.0 Å². The summed E-state index contributed by atoms with van der Waals surface area (Å²) in [5, 5.41) is 13.1. The number of hydrogen-bond acceptors (Lipinski definition) is 5. The van der Waals surface area contributed by atoms with Crippen molar-refractivity contribution in [1.82, 2.24) is 4.90 Å². The molecule has 1 fully saturated rings. The van der Waals surface area contributed by atoms with Crippen LogP contribution in [0.4, 0.5) is 5.69 Å². The molecule has 1 unspecified atom stereocenters. The molecule has 0 N–H and O–H groups in total. The van der Waals surface area contributed by atoms with Crippen LogP contribution in [0.15, 0.2) is 41.8 Å². The average molecular weight is 360 g/mol. The molecule has 1 atom stereocenters. The lowest BCUT2D eigenvalue weighted by molar-refractivity contribution is -0.385. The number of para-hydroxylation sites is 1. The number of nitro benzene ring substituents is 1. The quantitative estimate of drug-likeness (QED) is 0.560. The minimum absolute atomic E-state index is 0.0101. The second-order valence-electron chi connectivity index (χ2n) is 6.05. The molecule has 1 aliphatic heterocycles. The number of nitrogens with zero attached hydrogens (tertiary/aromatic N) is 2. The second kappa shape index (κ2) is 8.22. The number of rotatable bonds is 7. The normalized spacial score (nSPS) is 16.7. The van der Waals surface area contributed by atoms with Crippen LogP contribution in [-0.2, 0) is 22.5 Å². The first-order valence-electron chi connectivity index (χ1n) is 8.27. The van der Waals surface area contributed by atoms with Crippen molar-refractivity contribution in [2.24, 2.45) is 0 Å². The summed E-state index contributed by atoms with van der Waals surface area (Å²) >= 11 is 1.60. The van der Waals surface area contributed by atoms with Crippen LogP contribution in [0.5, 0.6) is 0 Å². The number of thiophene rings is 1. The largest absolute Gasteiger partial charge is 0.376 e. The summed E-state index contributed by atoms with van der Waals surface area (Å²) in [6.07, 6.45) is 2.03. The van der Waals surface area contributed by atoms with Gasteiger partial charge in [-0.25, -0.2) is 0 Å². The van der Waals surface area contributed by atoms with Gasteiger partial charge in [-0.15, -0.1) is 11.3 Å². The van der Waals surface area contributed by atoms with Crippen molar-refractivity contribution in [3.63, 3.8) is 0 Å². The molecular formula is C18H20N2O4S. The lowest BCUT2D eigenvalue weighted by atomic mass is 10.1. The third kappa shape index (κ3) is 4.64. The maximum absolute atomic E-state index is 12.9. The monoisotopic (exact) mass is 360 g/mol. The topological polar surface area (TPSA) is 72.7 Å². The Bertz CT molecular complexity index is 726. The number of carbonyl (C=O) groups is 1. The predicted octanol–water partition coefficient (Wildman–Crippen LogP) is 3.41. The van der Waals surface area contributed by atoms with E-state index in [2.05, 4.69) is 0 Å². The minimum atomic E-state index is -0.438. The first kappa shape index (κ1) is 17.6. The Morgan fingerprint density at radius 3 is 2.84 bits per heavy atom. The van der Waals surface area contributed by atoms with E-state index in [9.17, 15) is 14.9 Å². The van der Waals surface area contributed by atoms with Crippen molar-refractivity contribution < 1.29 is 14.5 Å². The maximum atomic E-state index is 12.9. The standard InChI is InChI=1S/C18H20N2O4S/c21-18(11-14-5-1-2-8-17(14)20(22)23)19(12-15-6-3-9-24-15)13-16-7-4-10-25-16/h1-2,4-5,7-8,10,15H,3,6,9,11-13H2. The molecule has 132 valence electrons. The highest BCUT2D eigenvalue weighted by molar-refractivity contribution is 7.09. The minimum Gasteiger partial charge on any atom is -0.376 e.